The number of rotatable bonds is 6. The molecule has 4 N–H and O–H groups in total. The Morgan fingerprint density at radius 1 is 1.56 bits per heavy atom. The number of aliphatic hydroxyl groups excluding tert-OH is 1. The van der Waals surface area contributed by atoms with Crippen LogP contribution in [0, 0.1) is 0 Å². The zero-order chi connectivity index (χ0) is 13.8. The molecule has 1 aromatic rings. The lowest BCUT2D eigenvalue weighted by atomic mass is 10.4. The molecule has 0 aromatic carbocycles. The summed E-state index contributed by atoms with van der Waals surface area (Å²) in [7, 11) is -3.58. The van der Waals surface area contributed by atoms with Crippen LogP contribution in [0.3, 0.4) is 0 Å². The van der Waals surface area contributed by atoms with Crippen molar-refractivity contribution >= 4 is 27.3 Å². The van der Waals surface area contributed by atoms with Gasteiger partial charge in [-0.3, -0.25) is 4.79 Å². The molecule has 0 atom stereocenters. The van der Waals surface area contributed by atoms with Crippen LogP contribution < -0.4 is 16.0 Å². The number of hydrogen-bond acceptors (Lipinski definition) is 6. The fraction of sp³-hybridized carbons (Fsp3) is 0.500. The van der Waals surface area contributed by atoms with E-state index in [1.807, 2.05) is 0 Å². The second-order valence-corrected chi connectivity index (χ2v) is 5.53. The Bertz CT molecular complexity index is 571. The van der Waals surface area contributed by atoms with E-state index < -0.39 is 15.6 Å². The van der Waals surface area contributed by atoms with Crippen molar-refractivity contribution in [1.82, 2.24) is 9.78 Å². The van der Waals surface area contributed by atoms with Crippen molar-refractivity contribution in [2.45, 2.75) is 6.54 Å². The Morgan fingerprint density at radius 2 is 2.22 bits per heavy atom. The molecule has 0 fully saturated rings. The summed E-state index contributed by atoms with van der Waals surface area (Å²) in [6, 6.07) is 0. The maximum absolute atomic E-state index is 11.6. The van der Waals surface area contributed by atoms with Gasteiger partial charge in [-0.1, -0.05) is 11.6 Å². The van der Waals surface area contributed by atoms with Gasteiger partial charge in [-0.2, -0.15) is 5.10 Å². The molecule has 0 spiro atoms. The SMILES string of the molecule is NS(=O)(=O)CCNc1cnn(CCO)c(=O)c1Cl. The molecule has 1 rings (SSSR count). The zero-order valence-corrected chi connectivity index (χ0v) is 10.9. The van der Waals surface area contributed by atoms with Crippen LogP contribution in [0.15, 0.2) is 11.0 Å². The van der Waals surface area contributed by atoms with Crippen LogP contribution in [0.2, 0.25) is 5.02 Å². The minimum absolute atomic E-state index is 0.0175. The standard InChI is InChI=1S/C8H13ClN4O4S/c9-7-6(11-1-4-18(10,16)17)5-12-13(2-3-14)8(7)15/h5,11,14H,1-4H2,(H2,10,16,17). The fourth-order valence-corrected chi connectivity index (χ4v) is 1.77. The van der Waals surface area contributed by atoms with Crippen molar-refractivity contribution in [3.63, 3.8) is 0 Å². The van der Waals surface area contributed by atoms with Crippen molar-refractivity contribution in [3.05, 3.63) is 21.6 Å². The third kappa shape index (κ3) is 4.26. The number of nitrogens with two attached hydrogens (primary N) is 1. The van der Waals surface area contributed by atoms with Crippen LogP contribution in [0.25, 0.3) is 0 Å². The van der Waals surface area contributed by atoms with Gasteiger partial charge in [-0.25, -0.2) is 18.2 Å². The summed E-state index contributed by atoms with van der Waals surface area (Å²) < 4.78 is 22.4. The zero-order valence-electron chi connectivity index (χ0n) is 9.34. The smallest absolute Gasteiger partial charge is 0.287 e. The summed E-state index contributed by atoms with van der Waals surface area (Å²) in [5.41, 5.74) is -0.342. The number of aromatic nitrogens is 2. The average Bonchev–Trinajstić information content (AvgIpc) is 2.27. The number of nitrogens with one attached hydrogen (secondary N) is 1. The maximum Gasteiger partial charge on any atom is 0.287 e. The largest absolute Gasteiger partial charge is 0.394 e. The van der Waals surface area contributed by atoms with E-state index in [0.29, 0.717) is 0 Å². The molecule has 0 amide bonds. The molecule has 1 heterocycles. The molecule has 0 aliphatic heterocycles. The summed E-state index contributed by atoms with van der Waals surface area (Å²) in [4.78, 5) is 11.6. The van der Waals surface area contributed by atoms with E-state index in [1.54, 1.807) is 0 Å². The van der Waals surface area contributed by atoms with Crippen LogP contribution in [0.4, 0.5) is 5.69 Å². The molecule has 0 radical (unpaired) electrons. The van der Waals surface area contributed by atoms with Crippen LogP contribution in [-0.2, 0) is 16.6 Å². The highest BCUT2D eigenvalue weighted by Crippen LogP contribution is 2.14. The highest BCUT2D eigenvalue weighted by Gasteiger charge is 2.09. The molecule has 0 aliphatic carbocycles. The monoisotopic (exact) mass is 296 g/mol. The molecule has 0 saturated carbocycles. The lowest BCUT2D eigenvalue weighted by Gasteiger charge is -2.08. The molecule has 10 heteroatoms. The first-order valence-electron chi connectivity index (χ1n) is 4.96. The first-order valence-corrected chi connectivity index (χ1v) is 7.05. The highest BCUT2D eigenvalue weighted by molar-refractivity contribution is 7.89. The molecule has 0 aliphatic rings. The number of aliphatic hydroxyl groups is 1. The Labute approximate surface area is 108 Å². The average molecular weight is 297 g/mol. The summed E-state index contributed by atoms with van der Waals surface area (Å²) >= 11 is 5.79. The predicted molar refractivity (Wildman–Crippen MR) is 67.1 cm³/mol. The molecule has 0 saturated heterocycles. The van der Waals surface area contributed by atoms with Gasteiger partial charge < -0.3 is 10.4 Å². The first kappa shape index (κ1) is 14.9. The van der Waals surface area contributed by atoms with Gasteiger partial charge in [0.15, 0.2) is 0 Å². The summed E-state index contributed by atoms with van der Waals surface area (Å²) in [6.45, 7) is -0.179. The number of anilines is 1. The van der Waals surface area contributed by atoms with Gasteiger partial charge in [0.05, 0.1) is 30.8 Å². The molecule has 102 valence electrons. The normalized spacial score (nSPS) is 11.5. The molecular weight excluding hydrogens is 284 g/mol. The molecule has 1 aromatic heterocycles. The highest BCUT2D eigenvalue weighted by atomic mass is 35.5. The molecule has 18 heavy (non-hydrogen) atoms. The van der Waals surface area contributed by atoms with Crippen molar-refractivity contribution in [2.75, 3.05) is 24.2 Å². The minimum atomic E-state index is -3.58. The van der Waals surface area contributed by atoms with Gasteiger partial charge >= 0.3 is 0 Å². The third-order valence-electron chi connectivity index (χ3n) is 2.00. The van der Waals surface area contributed by atoms with E-state index in [2.05, 4.69) is 10.4 Å². The summed E-state index contributed by atoms with van der Waals surface area (Å²) in [6.07, 6.45) is 1.28. The fourth-order valence-electron chi connectivity index (χ4n) is 1.17. The number of sulfonamides is 1. The molecular formula is C8H13ClN4O4S. The molecule has 0 unspecified atom stereocenters. The van der Waals surface area contributed by atoms with Crippen LogP contribution in [-0.4, -0.2) is 42.2 Å². The summed E-state index contributed by atoms with van der Waals surface area (Å²) in [5.74, 6) is -0.289. The van der Waals surface area contributed by atoms with E-state index in [4.69, 9.17) is 21.8 Å². The van der Waals surface area contributed by atoms with Crippen LogP contribution in [0.5, 0.6) is 0 Å². The van der Waals surface area contributed by atoms with Gasteiger partial charge in [0.25, 0.3) is 5.56 Å². The maximum atomic E-state index is 11.6. The predicted octanol–water partition coefficient (Wildman–Crippen LogP) is -1.41. The van der Waals surface area contributed by atoms with Crippen molar-refractivity contribution < 1.29 is 13.5 Å². The number of primary sulfonamides is 1. The second kappa shape index (κ2) is 6.14. The molecule has 0 bridgehead atoms. The van der Waals surface area contributed by atoms with E-state index in [-0.39, 0.29) is 36.2 Å². The van der Waals surface area contributed by atoms with Gasteiger partial charge in [0.2, 0.25) is 10.0 Å². The Kier molecular flexibility index (Phi) is 5.08. The lowest BCUT2D eigenvalue weighted by Crippen LogP contribution is -2.27. The van der Waals surface area contributed by atoms with Crippen molar-refractivity contribution in [2.24, 2.45) is 5.14 Å². The van der Waals surface area contributed by atoms with Crippen molar-refractivity contribution in [3.8, 4) is 0 Å². The van der Waals surface area contributed by atoms with E-state index in [9.17, 15) is 13.2 Å². The van der Waals surface area contributed by atoms with E-state index >= 15 is 0 Å². The summed E-state index contributed by atoms with van der Waals surface area (Å²) in [5, 5.41) is 19.8. The van der Waals surface area contributed by atoms with E-state index in [1.165, 1.54) is 6.20 Å². The molecule has 8 nitrogen and oxygen atoms in total. The van der Waals surface area contributed by atoms with Gasteiger partial charge in [0.1, 0.15) is 5.02 Å². The van der Waals surface area contributed by atoms with Gasteiger partial charge in [-0.05, 0) is 0 Å². The van der Waals surface area contributed by atoms with Crippen LogP contribution in [0.1, 0.15) is 0 Å². The van der Waals surface area contributed by atoms with Crippen molar-refractivity contribution in [1.29, 1.82) is 0 Å². The first-order chi connectivity index (χ1) is 8.35. The quantitative estimate of drug-likeness (QED) is 0.592. The number of nitrogens with zero attached hydrogens (tertiary/aromatic N) is 2. The Balaban J connectivity index is 2.80. The minimum Gasteiger partial charge on any atom is -0.394 e. The topological polar surface area (TPSA) is 127 Å². The van der Waals surface area contributed by atoms with E-state index in [0.717, 1.165) is 4.68 Å². The number of halogens is 1. The third-order valence-corrected chi connectivity index (χ3v) is 3.14. The van der Waals surface area contributed by atoms with Gasteiger partial charge in [-0.15, -0.1) is 0 Å². The van der Waals surface area contributed by atoms with Crippen LogP contribution >= 0.6 is 11.6 Å². The Hall–Kier alpha value is -1.16. The Morgan fingerprint density at radius 3 is 2.78 bits per heavy atom. The number of hydrogen-bond donors (Lipinski definition) is 3. The second-order valence-electron chi connectivity index (χ2n) is 3.42. The van der Waals surface area contributed by atoms with Gasteiger partial charge in [0, 0.05) is 6.54 Å². The lowest BCUT2D eigenvalue weighted by molar-refractivity contribution is 0.266.